The topological polar surface area (TPSA) is 108 Å². The van der Waals surface area contributed by atoms with Crippen molar-refractivity contribution in [2.75, 3.05) is 13.1 Å². The zero-order valence-electron chi connectivity index (χ0n) is 18.8. The molecule has 2 aliphatic rings. The summed E-state index contributed by atoms with van der Waals surface area (Å²) in [4.78, 5) is 52.4. The molecule has 182 valence electrons. The summed E-state index contributed by atoms with van der Waals surface area (Å²) >= 11 is 6.66. The summed E-state index contributed by atoms with van der Waals surface area (Å²) in [5.41, 5.74) is 2.70. The monoisotopic (exact) mass is 522 g/mol. The van der Waals surface area contributed by atoms with Crippen molar-refractivity contribution in [1.29, 1.82) is 0 Å². The highest BCUT2D eigenvalue weighted by molar-refractivity contribution is 8.18. The standard InChI is InChI=1S/C26H19ClN2O6S/c27-20-7-5-16(11-19(20)25(32)33)21-8-6-18(35-21)12-22-24(31)29(26(34)36-22)14-23(30)28-10-9-15-3-1-2-4-17(15)13-28/h1-8,11-12H,9-10,13-14H2,(H,32,33)/b22-12+. The quantitative estimate of drug-likeness (QED) is 0.474. The number of carboxylic acid groups (broad SMARTS) is 1. The van der Waals surface area contributed by atoms with Gasteiger partial charge in [-0.05, 0) is 59.6 Å². The number of hydrogen-bond donors (Lipinski definition) is 1. The van der Waals surface area contributed by atoms with Gasteiger partial charge >= 0.3 is 5.97 Å². The zero-order valence-corrected chi connectivity index (χ0v) is 20.3. The van der Waals surface area contributed by atoms with Crippen LogP contribution in [-0.4, -0.2) is 51.0 Å². The second-order valence-electron chi connectivity index (χ2n) is 8.30. The minimum atomic E-state index is -1.16. The normalized spacial score (nSPS) is 16.5. The number of hydrogen-bond acceptors (Lipinski definition) is 6. The number of furan rings is 1. The summed E-state index contributed by atoms with van der Waals surface area (Å²) in [7, 11) is 0. The van der Waals surface area contributed by atoms with Crippen LogP contribution >= 0.6 is 23.4 Å². The average Bonchev–Trinajstić information content (AvgIpc) is 3.44. The van der Waals surface area contributed by atoms with E-state index in [1.54, 1.807) is 23.1 Å². The first-order valence-corrected chi connectivity index (χ1v) is 12.2. The number of amides is 3. The maximum absolute atomic E-state index is 12.9. The molecule has 1 N–H and O–H groups in total. The highest BCUT2D eigenvalue weighted by Crippen LogP contribution is 2.34. The molecule has 5 rings (SSSR count). The molecule has 0 spiro atoms. The molecule has 0 bridgehead atoms. The molecule has 3 heterocycles. The second-order valence-corrected chi connectivity index (χ2v) is 9.70. The Balaban J connectivity index is 1.28. The number of nitrogens with zero attached hydrogens (tertiary/aromatic N) is 2. The van der Waals surface area contributed by atoms with E-state index < -0.39 is 17.1 Å². The van der Waals surface area contributed by atoms with Gasteiger partial charge in [-0.25, -0.2) is 4.79 Å². The van der Waals surface area contributed by atoms with E-state index in [1.165, 1.54) is 23.8 Å². The first-order valence-electron chi connectivity index (χ1n) is 11.0. The Hall–Kier alpha value is -3.82. The van der Waals surface area contributed by atoms with Crippen molar-refractivity contribution in [3.05, 3.63) is 87.0 Å². The fraction of sp³-hybridized carbons (Fsp3) is 0.154. The fourth-order valence-corrected chi connectivity index (χ4v) is 5.15. The molecular formula is C26H19ClN2O6S. The van der Waals surface area contributed by atoms with Gasteiger partial charge in [-0.3, -0.25) is 19.3 Å². The average molecular weight is 523 g/mol. The summed E-state index contributed by atoms with van der Waals surface area (Å²) in [5.74, 6) is -1.33. The lowest BCUT2D eigenvalue weighted by Gasteiger charge is -2.29. The molecule has 36 heavy (non-hydrogen) atoms. The Kier molecular flexibility index (Phi) is 6.42. The highest BCUT2D eigenvalue weighted by Gasteiger charge is 2.37. The molecule has 0 unspecified atom stereocenters. The van der Waals surface area contributed by atoms with E-state index in [9.17, 15) is 24.3 Å². The lowest BCUT2D eigenvalue weighted by molar-refractivity contribution is -0.136. The van der Waals surface area contributed by atoms with Gasteiger partial charge in [-0.1, -0.05) is 35.9 Å². The van der Waals surface area contributed by atoms with Crippen LogP contribution in [0.5, 0.6) is 0 Å². The van der Waals surface area contributed by atoms with Crippen LogP contribution in [0.15, 0.2) is 63.9 Å². The van der Waals surface area contributed by atoms with Crippen molar-refractivity contribution >= 4 is 52.5 Å². The smallest absolute Gasteiger partial charge is 0.337 e. The molecule has 0 radical (unpaired) electrons. The number of fused-ring (bicyclic) bond motifs is 1. The molecule has 0 aliphatic carbocycles. The lowest BCUT2D eigenvalue weighted by atomic mass is 10.00. The third-order valence-electron chi connectivity index (χ3n) is 6.03. The molecule has 1 saturated heterocycles. The summed E-state index contributed by atoms with van der Waals surface area (Å²) in [6.45, 7) is 0.659. The largest absolute Gasteiger partial charge is 0.478 e. The number of carbonyl (C=O) groups is 4. The van der Waals surface area contributed by atoms with Gasteiger partial charge in [0.25, 0.3) is 11.1 Å². The first-order chi connectivity index (χ1) is 17.3. The molecule has 2 aromatic carbocycles. The van der Waals surface area contributed by atoms with Crippen molar-refractivity contribution in [3.8, 4) is 11.3 Å². The summed E-state index contributed by atoms with van der Waals surface area (Å²) < 4.78 is 5.75. The number of carboxylic acids is 1. The van der Waals surface area contributed by atoms with Crippen LogP contribution in [0, 0.1) is 0 Å². The third-order valence-corrected chi connectivity index (χ3v) is 7.27. The molecule has 2 aliphatic heterocycles. The van der Waals surface area contributed by atoms with Gasteiger partial charge in [0.2, 0.25) is 5.91 Å². The molecular weight excluding hydrogens is 504 g/mol. The van der Waals surface area contributed by atoms with Crippen LogP contribution in [0.25, 0.3) is 17.4 Å². The Morgan fingerprint density at radius 1 is 1.08 bits per heavy atom. The summed E-state index contributed by atoms with van der Waals surface area (Å²) in [6.07, 6.45) is 2.16. The Morgan fingerprint density at radius 2 is 1.86 bits per heavy atom. The van der Waals surface area contributed by atoms with Crippen LogP contribution in [-0.2, 0) is 22.6 Å². The second kappa shape index (κ2) is 9.67. The minimum absolute atomic E-state index is 0.0601. The predicted molar refractivity (Wildman–Crippen MR) is 134 cm³/mol. The zero-order chi connectivity index (χ0) is 25.4. The van der Waals surface area contributed by atoms with Crippen LogP contribution in [0.2, 0.25) is 5.02 Å². The van der Waals surface area contributed by atoms with E-state index in [1.807, 2.05) is 24.3 Å². The van der Waals surface area contributed by atoms with Crippen molar-refractivity contribution in [2.24, 2.45) is 0 Å². The molecule has 0 atom stereocenters. The van der Waals surface area contributed by atoms with Crippen molar-refractivity contribution < 1.29 is 28.7 Å². The number of imide groups is 1. The number of benzene rings is 2. The van der Waals surface area contributed by atoms with Crippen molar-refractivity contribution in [1.82, 2.24) is 9.80 Å². The lowest BCUT2D eigenvalue weighted by Crippen LogP contribution is -2.44. The summed E-state index contributed by atoms with van der Waals surface area (Å²) in [5, 5.41) is 8.86. The Morgan fingerprint density at radius 3 is 2.64 bits per heavy atom. The van der Waals surface area contributed by atoms with Crippen LogP contribution < -0.4 is 0 Å². The van der Waals surface area contributed by atoms with E-state index in [0.717, 1.165) is 28.6 Å². The van der Waals surface area contributed by atoms with E-state index in [0.29, 0.717) is 30.2 Å². The maximum atomic E-state index is 12.9. The number of aromatic carboxylic acids is 1. The van der Waals surface area contributed by atoms with E-state index in [-0.39, 0.29) is 27.9 Å². The number of rotatable bonds is 5. The highest BCUT2D eigenvalue weighted by atomic mass is 35.5. The SMILES string of the molecule is O=C(O)c1cc(-c2ccc(/C=C3/SC(=O)N(CC(=O)N4CCc5ccccc5C4)C3=O)o2)ccc1Cl. The molecule has 1 aromatic heterocycles. The van der Waals surface area contributed by atoms with E-state index in [2.05, 4.69) is 0 Å². The fourth-order valence-electron chi connectivity index (χ4n) is 4.14. The third kappa shape index (κ3) is 4.67. The van der Waals surface area contributed by atoms with Crippen LogP contribution in [0.4, 0.5) is 4.79 Å². The van der Waals surface area contributed by atoms with Crippen molar-refractivity contribution in [2.45, 2.75) is 13.0 Å². The van der Waals surface area contributed by atoms with Gasteiger partial charge in [-0.15, -0.1) is 0 Å². The van der Waals surface area contributed by atoms with Gasteiger partial charge in [0.05, 0.1) is 15.5 Å². The number of thioether (sulfide) groups is 1. The summed E-state index contributed by atoms with van der Waals surface area (Å²) in [6, 6.07) is 15.6. The van der Waals surface area contributed by atoms with Gasteiger partial charge < -0.3 is 14.4 Å². The number of halogens is 1. The number of carbonyl (C=O) groups excluding carboxylic acids is 3. The predicted octanol–water partition coefficient (Wildman–Crippen LogP) is 4.92. The molecule has 10 heteroatoms. The van der Waals surface area contributed by atoms with Crippen LogP contribution in [0.3, 0.4) is 0 Å². The van der Waals surface area contributed by atoms with Gasteiger partial charge in [-0.2, -0.15) is 0 Å². The maximum Gasteiger partial charge on any atom is 0.337 e. The molecule has 8 nitrogen and oxygen atoms in total. The first kappa shape index (κ1) is 23.9. The Bertz CT molecular complexity index is 1450. The van der Waals surface area contributed by atoms with Crippen LogP contribution in [0.1, 0.15) is 27.2 Å². The Labute approximate surface area is 215 Å². The molecule has 3 amide bonds. The van der Waals surface area contributed by atoms with Gasteiger partial charge in [0, 0.05) is 24.7 Å². The van der Waals surface area contributed by atoms with E-state index >= 15 is 0 Å². The van der Waals surface area contributed by atoms with Gasteiger partial charge in [0.15, 0.2) is 0 Å². The van der Waals surface area contributed by atoms with Crippen molar-refractivity contribution in [3.63, 3.8) is 0 Å². The van der Waals surface area contributed by atoms with Gasteiger partial charge in [0.1, 0.15) is 18.1 Å². The molecule has 3 aromatic rings. The molecule has 0 saturated carbocycles. The molecule has 1 fully saturated rings. The van der Waals surface area contributed by atoms with E-state index in [4.69, 9.17) is 16.0 Å². The minimum Gasteiger partial charge on any atom is -0.478 e.